The summed E-state index contributed by atoms with van der Waals surface area (Å²) in [6.45, 7) is 5.97. The first kappa shape index (κ1) is 19.1. The van der Waals surface area contributed by atoms with E-state index in [2.05, 4.69) is 27.3 Å². The monoisotopic (exact) mass is 437 g/mol. The zero-order valence-electron chi connectivity index (χ0n) is 14.9. The first-order valence-electron chi connectivity index (χ1n) is 8.40. The Kier molecular flexibility index (Phi) is 5.49. The van der Waals surface area contributed by atoms with Crippen LogP contribution in [0.5, 0.6) is 11.5 Å². The fraction of sp³-hybridized carbons (Fsp3) is 0.350. The summed E-state index contributed by atoms with van der Waals surface area (Å²) in [5.41, 5.74) is 1.78. The number of amides is 1. The van der Waals surface area contributed by atoms with Gasteiger partial charge in [0.1, 0.15) is 17.1 Å². The van der Waals surface area contributed by atoms with E-state index in [0.717, 1.165) is 21.3 Å². The van der Waals surface area contributed by atoms with Crippen LogP contribution in [-0.2, 0) is 4.79 Å². The number of aryl methyl sites for hydroxylation is 1. The van der Waals surface area contributed by atoms with Crippen LogP contribution in [-0.4, -0.2) is 18.1 Å². The van der Waals surface area contributed by atoms with Crippen LogP contribution in [0.15, 0.2) is 40.9 Å². The van der Waals surface area contributed by atoms with Crippen molar-refractivity contribution in [2.24, 2.45) is 0 Å². The minimum Gasteiger partial charge on any atom is -0.487 e. The van der Waals surface area contributed by atoms with Crippen molar-refractivity contribution in [3.8, 4) is 11.5 Å². The van der Waals surface area contributed by atoms with Crippen molar-refractivity contribution >= 4 is 33.4 Å². The van der Waals surface area contributed by atoms with E-state index in [1.807, 2.05) is 39.0 Å². The molecular formula is C20H21BrClNO3. The summed E-state index contributed by atoms with van der Waals surface area (Å²) in [5.74, 6) is 1.10. The molecule has 1 atom stereocenters. The second kappa shape index (κ2) is 7.49. The smallest absolute Gasteiger partial charge is 0.258 e. The van der Waals surface area contributed by atoms with Crippen LogP contribution in [0.25, 0.3) is 0 Å². The number of hydrogen-bond acceptors (Lipinski definition) is 3. The highest BCUT2D eigenvalue weighted by Crippen LogP contribution is 2.39. The lowest BCUT2D eigenvalue weighted by Crippen LogP contribution is -2.42. The Morgan fingerprint density at radius 3 is 2.85 bits per heavy atom. The largest absolute Gasteiger partial charge is 0.487 e. The molecule has 0 aromatic heterocycles. The van der Waals surface area contributed by atoms with Gasteiger partial charge in [-0.05, 0) is 45.0 Å². The summed E-state index contributed by atoms with van der Waals surface area (Å²) in [4.78, 5) is 12.4. The van der Waals surface area contributed by atoms with Gasteiger partial charge in [-0.1, -0.05) is 45.2 Å². The van der Waals surface area contributed by atoms with Crippen molar-refractivity contribution < 1.29 is 14.3 Å². The first-order chi connectivity index (χ1) is 12.2. The Hall–Kier alpha value is -1.72. The van der Waals surface area contributed by atoms with Gasteiger partial charge in [0.15, 0.2) is 6.61 Å². The van der Waals surface area contributed by atoms with Gasteiger partial charge in [-0.2, -0.15) is 0 Å². The molecule has 0 radical (unpaired) electrons. The second-order valence-electron chi connectivity index (χ2n) is 7.09. The average Bonchev–Trinajstić information content (AvgIpc) is 2.54. The number of ether oxygens (including phenoxy) is 2. The van der Waals surface area contributed by atoms with Crippen LogP contribution in [0.3, 0.4) is 0 Å². The van der Waals surface area contributed by atoms with Crippen LogP contribution in [0, 0.1) is 6.92 Å². The van der Waals surface area contributed by atoms with Crippen molar-refractivity contribution in [3.05, 3.63) is 57.0 Å². The molecule has 1 aliphatic heterocycles. The van der Waals surface area contributed by atoms with Crippen molar-refractivity contribution in [2.45, 2.75) is 38.8 Å². The maximum absolute atomic E-state index is 12.4. The van der Waals surface area contributed by atoms with Crippen LogP contribution < -0.4 is 14.8 Å². The molecule has 0 spiro atoms. The van der Waals surface area contributed by atoms with Gasteiger partial charge in [0, 0.05) is 16.5 Å². The highest BCUT2D eigenvalue weighted by Gasteiger charge is 2.34. The molecule has 0 saturated heterocycles. The predicted molar refractivity (Wildman–Crippen MR) is 106 cm³/mol. The molecule has 0 unspecified atom stereocenters. The van der Waals surface area contributed by atoms with E-state index in [1.54, 1.807) is 12.1 Å². The highest BCUT2D eigenvalue weighted by molar-refractivity contribution is 9.10. The summed E-state index contributed by atoms with van der Waals surface area (Å²) in [5, 5.41) is 3.52. The van der Waals surface area contributed by atoms with Gasteiger partial charge in [-0.3, -0.25) is 4.79 Å². The van der Waals surface area contributed by atoms with Gasteiger partial charge in [-0.25, -0.2) is 0 Å². The van der Waals surface area contributed by atoms with Crippen molar-refractivity contribution in [1.29, 1.82) is 0 Å². The number of rotatable bonds is 4. The molecule has 3 rings (SSSR count). The van der Waals surface area contributed by atoms with E-state index in [4.69, 9.17) is 21.1 Å². The lowest BCUT2D eigenvalue weighted by atomic mass is 9.89. The molecule has 26 heavy (non-hydrogen) atoms. The molecule has 4 nitrogen and oxygen atoms in total. The summed E-state index contributed by atoms with van der Waals surface area (Å²) >= 11 is 9.47. The number of halogens is 2. The summed E-state index contributed by atoms with van der Waals surface area (Å²) in [6.07, 6.45) is 0.689. The van der Waals surface area contributed by atoms with Crippen molar-refractivity contribution in [3.63, 3.8) is 0 Å². The van der Waals surface area contributed by atoms with Gasteiger partial charge < -0.3 is 14.8 Å². The fourth-order valence-corrected chi connectivity index (χ4v) is 3.80. The lowest BCUT2D eigenvalue weighted by Gasteiger charge is -2.38. The van der Waals surface area contributed by atoms with E-state index in [9.17, 15) is 4.79 Å². The first-order valence-corrected chi connectivity index (χ1v) is 9.57. The normalized spacial score (nSPS) is 17.8. The molecule has 1 aliphatic rings. The van der Waals surface area contributed by atoms with E-state index in [1.165, 1.54) is 0 Å². The van der Waals surface area contributed by atoms with Crippen LogP contribution in [0.2, 0.25) is 5.02 Å². The van der Waals surface area contributed by atoms with Gasteiger partial charge in [0.2, 0.25) is 0 Å². The third-order valence-electron chi connectivity index (χ3n) is 4.21. The minimum atomic E-state index is -0.351. The Bertz CT molecular complexity index is 838. The number of hydrogen-bond donors (Lipinski definition) is 1. The minimum absolute atomic E-state index is 0.0969. The van der Waals surface area contributed by atoms with Gasteiger partial charge in [0.05, 0.1) is 11.1 Å². The van der Waals surface area contributed by atoms with E-state index >= 15 is 0 Å². The van der Waals surface area contributed by atoms with E-state index < -0.39 is 0 Å². The summed E-state index contributed by atoms with van der Waals surface area (Å²) in [7, 11) is 0. The molecule has 0 fully saturated rings. The molecule has 0 aliphatic carbocycles. The highest BCUT2D eigenvalue weighted by atomic mass is 79.9. The Labute approximate surface area is 167 Å². The van der Waals surface area contributed by atoms with E-state index in [0.29, 0.717) is 17.2 Å². The molecular weight excluding hydrogens is 418 g/mol. The topological polar surface area (TPSA) is 47.6 Å². The molecule has 1 amide bonds. The van der Waals surface area contributed by atoms with Crippen molar-refractivity contribution in [1.82, 2.24) is 5.32 Å². The zero-order chi connectivity index (χ0) is 18.9. The van der Waals surface area contributed by atoms with Crippen molar-refractivity contribution in [2.75, 3.05) is 6.61 Å². The summed E-state index contributed by atoms with van der Waals surface area (Å²) in [6, 6.07) is 11.2. The molecule has 2 aromatic rings. The molecule has 6 heteroatoms. The molecule has 0 bridgehead atoms. The Morgan fingerprint density at radius 2 is 2.12 bits per heavy atom. The molecule has 138 valence electrons. The number of carbonyl (C=O) groups excluding carboxylic acids is 1. The fourth-order valence-electron chi connectivity index (χ4n) is 3.07. The third kappa shape index (κ3) is 4.51. The van der Waals surface area contributed by atoms with Crippen LogP contribution >= 0.6 is 27.5 Å². The quantitative estimate of drug-likeness (QED) is 0.713. The second-order valence-corrected chi connectivity index (χ2v) is 8.41. The van der Waals surface area contributed by atoms with Gasteiger partial charge in [0.25, 0.3) is 5.91 Å². The Morgan fingerprint density at radius 1 is 1.35 bits per heavy atom. The average molecular weight is 439 g/mol. The third-order valence-corrected chi connectivity index (χ3v) is 5.00. The van der Waals surface area contributed by atoms with Gasteiger partial charge >= 0.3 is 0 Å². The Balaban J connectivity index is 1.70. The molecule has 0 saturated carbocycles. The standard InChI is InChI=1S/C20H21BrClNO3/c1-12-4-6-17-14(8-12)16(10-20(2,3)26-17)23-19(24)11-25-18-7-5-13(21)9-15(18)22/h4-9,16H,10-11H2,1-3H3,(H,23,24)/t16-/m0/s1. The van der Waals surface area contributed by atoms with Crippen LogP contribution in [0.1, 0.15) is 37.4 Å². The number of nitrogens with one attached hydrogen (secondary N) is 1. The maximum atomic E-state index is 12.4. The number of fused-ring (bicyclic) bond motifs is 1. The molecule has 1 heterocycles. The number of carbonyl (C=O) groups is 1. The zero-order valence-corrected chi connectivity index (χ0v) is 17.3. The molecule has 1 N–H and O–H groups in total. The van der Waals surface area contributed by atoms with Gasteiger partial charge in [-0.15, -0.1) is 0 Å². The molecule has 2 aromatic carbocycles. The maximum Gasteiger partial charge on any atom is 0.258 e. The van der Waals surface area contributed by atoms with Crippen LogP contribution in [0.4, 0.5) is 0 Å². The predicted octanol–water partition coefficient (Wildman–Crippen LogP) is 5.21. The van der Waals surface area contributed by atoms with E-state index in [-0.39, 0.29) is 24.2 Å². The lowest BCUT2D eigenvalue weighted by molar-refractivity contribution is -0.124. The number of benzene rings is 2. The summed E-state index contributed by atoms with van der Waals surface area (Å²) < 4.78 is 12.5. The SMILES string of the molecule is Cc1ccc2c(c1)[C@@H](NC(=O)COc1ccc(Br)cc1Cl)CC(C)(C)O2.